The number of esters is 3. The van der Waals surface area contributed by atoms with Crippen LogP contribution in [-0.4, -0.2) is 37.2 Å². The fourth-order valence-electron chi connectivity index (χ4n) is 6.57. The van der Waals surface area contributed by atoms with Gasteiger partial charge in [0, 0.05) is 19.3 Å². The minimum atomic E-state index is -0.809. The van der Waals surface area contributed by atoms with Crippen LogP contribution in [0.2, 0.25) is 0 Å². The molecule has 6 heteroatoms. The van der Waals surface area contributed by atoms with Gasteiger partial charge in [-0.2, -0.15) is 0 Å². The third-order valence-corrected chi connectivity index (χ3v) is 10.1. The molecule has 0 aliphatic carbocycles. The standard InChI is InChI=1S/C49H88O6/c1-4-7-10-13-16-18-20-22-24-26-28-30-33-36-39-42-48(51)54-45-46(44-53-47(50)41-38-35-32-15-12-9-6-3)55-49(52)43-40-37-34-31-29-27-25-23-21-19-17-14-11-8-5-2/h26,28,33-34,36-37,46H,4-25,27,29-32,35,38-45H2,1-3H3. The van der Waals surface area contributed by atoms with Gasteiger partial charge in [0.15, 0.2) is 6.10 Å². The zero-order valence-electron chi connectivity index (χ0n) is 36.4. The molecule has 1 atom stereocenters. The van der Waals surface area contributed by atoms with Crippen LogP contribution in [0.3, 0.4) is 0 Å². The largest absolute Gasteiger partial charge is 0.462 e. The van der Waals surface area contributed by atoms with Gasteiger partial charge in [-0.25, -0.2) is 0 Å². The summed E-state index contributed by atoms with van der Waals surface area (Å²) >= 11 is 0. The fourth-order valence-corrected chi connectivity index (χ4v) is 6.57. The SMILES string of the molecule is CCCCCCCCCCC=CCC=CCCC(=O)OCC(COC(=O)CCCCCCCCC)OC(=O)CCC=CCCCCCCCCCCCCC. The molecule has 0 saturated heterocycles. The van der Waals surface area contributed by atoms with Crippen LogP contribution in [0.15, 0.2) is 36.5 Å². The number of hydrogen-bond acceptors (Lipinski definition) is 6. The zero-order valence-corrected chi connectivity index (χ0v) is 36.4. The lowest BCUT2D eigenvalue weighted by Crippen LogP contribution is -2.30. The highest BCUT2D eigenvalue weighted by Crippen LogP contribution is 2.14. The molecule has 0 fully saturated rings. The molecule has 0 aromatic carbocycles. The molecular weight excluding hydrogens is 685 g/mol. The maximum Gasteiger partial charge on any atom is 0.306 e. The van der Waals surface area contributed by atoms with Crippen molar-refractivity contribution >= 4 is 17.9 Å². The summed E-state index contributed by atoms with van der Waals surface area (Å²) in [5.74, 6) is -1.03. The predicted octanol–water partition coefficient (Wildman–Crippen LogP) is 15.0. The Bertz CT molecular complexity index is 938. The Morgan fingerprint density at radius 3 is 1.15 bits per heavy atom. The molecule has 0 radical (unpaired) electrons. The van der Waals surface area contributed by atoms with Gasteiger partial charge >= 0.3 is 17.9 Å². The van der Waals surface area contributed by atoms with E-state index < -0.39 is 6.10 Å². The second-order valence-electron chi connectivity index (χ2n) is 15.7. The third kappa shape index (κ3) is 42.6. The van der Waals surface area contributed by atoms with E-state index in [1.54, 1.807) is 0 Å². The van der Waals surface area contributed by atoms with Crippen molar-refractivity contribution in [1.82, 2.24) is 0 Å². The van der Waals surface area contributed by atoms with Crippen molar-refractivity contribution in [2.45, 2.75) is 245 Å². The van der Waals surface area contributed by atoms with Gasteiger partial charge < -0.3 is 14.2 Å². The highest BCUT2D eigenvalue weighted by Gasteiger charge is 2.19. The molecular formula is C49H88O6. The molecule has 0 N–H and O–H groups in total. The first-order chi connectivity index (χ1) is 27.0. The Kier molecular flexibility index (Phi) is 42.4. The van der Waals surface area contributed by atoms with E-state index in [-0.39, 0.29) is 44.0 Å². The highest BCUT2D eigenvalue weighted by molar-refractivity contribution is 5.71. The second kappa shape index (κ2) is 44.3. The van der Waals surface area contributed by atoms with Gasteiger partial charge in [-0.15, -0.1) is 0 Å². The lowest BCUT2D eigenvalue weighted by atomic mass is 10.1. The summed E-state index contributed by atoms with van der Waals surface area (Å²) < 4.78 is 16.6. The van der Waals surface area contributed by atoms with Gasteiger partial charge in [-0.05, 0) is 51.4 Å². The van der Waals surface area contributed by atoms with Gasteiger partial charge in [0.25, 0.3) is 0 Å². The third-order valence-electron chi connectivity index (χ3n) is 10.1. The van der Waals surface area contributed by atoms with Crippen molar-refractivity contribution in [2.75, 3.05) is 13.2 Å². The minimum Gasteiger partial charge on any atom is -0.462 e. The van der Waals surface area contributed by atoms with Crippen molar-refractivity contribution in [2.24, 2.45) is 0 Å². The normalized spacial score (nSPS) is 12.3. The van der Waals surface area contributed by atoms with Gasteiger partial charge in [0.05, 0.1) is 0 Å². The molecule has 0 aliphatic rings. The van der Waals surface area contributed by atoms with Crippen molar-refractivity contribution < 1.29 is 28.6 Å². The molecule has 0 aromatic heterocycles. The van der Waals surface area contributed by atoms with E-state index in [0.717, 1.165) is 38.5 Å². The summed E-state index contributed by atoms with van der Waals surface area (Å²) in [6, 6.07) is 0. The summed E-state index contributed by atoms with van der Waals surface area (Å²) in [5, 5.41) is 0. The quantitative estimate of drug-likeness (QED) is 0.0266. The summed E-state index contributed by atoms with van der Waals surface area (Å²) in [5.41, 5.74) is 0. The van der Waals surface area contributed by atoms with Gasteiger partial charge in [-0.3, -0.25) is 14.4 Å². The van der Waals surface area contributed by atoms with Crippen molar-refractivity contribution in [3.05, 3.63) is 36.5 Å². The monoisotopic (exact) mass is 773 g/mol. The zero-order chi connectivity index (χ0) is 40.1. The molecule has 0 aliphatic heterocycles. The maximum absolute atomic E-state index is 12.7. The lowest BCUT2D eigenvalue weighted by molar-refractivity contribution is -0.166. The number of ether oxygens (including phenoxy) is 3. The predicted molar refractivity (Wildman–Crippen MR) is 233 cm³/mol. The molecule has 320 valence electrons. The van der Waals surface area contributed by atoms with E-state index >= 15 is 0 Å². The van der Waals surface area contributed by atoms with E-state index in [4.69, 9.17) is 14.2 Å². The topological polar surface area (TPSA) is 78.9 Å². The minimum absolute atomic E-state index is 0.103. The van der Waals surface area contributed by atoms with E-state index in [9.17, 15) is 14.4 Å². The number of carbonyl (C=O) groups excluding carboxylic acids is 3. The van der Waals surface area contributed by atoms with Gasteiger partial charge in [-0.1, -0.05) is 205 Å². The summed E-state index contributed by atoms with van der Waals surface area (Å²) in [6.45, 7) is 6.51. The summed E-state index contributed by atoms with van der Waals surface area (Å²) in [4.78, 5) is 37.6. The van der Waals surface area contributed by atoms with Crippen molar-refractivity contribution in [3.63, 3.8) is 0 Å². The molecule has 55 heavy (non-hydrogen) atoms. The van der Waals surface area contributed by atoms with E-state index in [1.165, 1.54) is 148 Å². The Balaban J connectivity index is 4.39. The smallest absolute Gasteiger partial charge is 0.306 e. The summed E-state index contributed by atoms with van der Waals surface area (Å²) in [7, 11) is 0. The molecule has 0 saturated carbocycles. The molecule has 0 aromatic rings. The van der Waals surface area contributed by atoms with E-state index in [2.05, 4.69) is 51.2 Å². The first-order valence-corrected chi connectivity index (χ1v) is 23.5. The van der Waals surface area contributed by atoms with Crippen LogP contribution in [0.5, 0.6) is 0 Å². The number of unbranched alkanes of at least 4 members (excludes halogenated alkanes) is 25. The summed E-state index contributed by atoms with van der Waals surface area (Å²) in [6.07, 6.45) is 50.2. The Morgan fingerprint density at radius 1 is 0.364 bits per heavy atom. The van der Waals surface area contributed by atoms with Crippen LogP contribution < -0.4 is 0 Å². The second-order valence-corrected chi connectivity index (χ2v) is 15.7. The average Bonchev–Trinajstić information content (AvgIpc) is 3.18. The van der Waals surface area contributed by atoms with Crippen LogP contribution >= 0.6 is 0 Å². The maximum atomic E-state index is 12.7. The van der Waals surface area contributed by atoms with Gasteiger partial charge in [0.1, 0.15) is 13.2 Å². The van der Waals surface area contributed by atoms with E-state index in [1.807, 2.05) is 6.08 Å². The number of carbonyl (C=O) groups is 3. The van der Waals surface area contributed by atoms with Crippen LogP contribution in [0, 0.1) is 0 Å². The molecule has 0 rings (SSSR count). The van der Waals surface area contributed by atoms with Crippen LogP contribution in [0.1, 0.15) is 239 Å². The Hall–Kier alpha value is -2.37. The van der Waals surface area contributed by atoms with Crippen LogP contribution in [0.4, 0.5) is 0 Å². The van der Waals surface area contributed by atoms with Crippen LogP contribution in [0.25, 0.3) is 0 Å². The van der Waals surface area contributed by atoms with E-state index in [0.29, 0.717) is 19.3 Å². The number of hydrogen-bond donors (Lipinski definition) is 0. The molecule has 0 amide bonds. The van der Waals surface area contributed by atoms with Crippen LogP contribution in [-0.2, 0) is 28.6 Å². The molecule has 6 nitrogen and oxygen atoms in total. The van der Waals surface area contributed by atoms with Gasteiger partial charge in [0.2, 0.25) is 0 Å². The molecule has 0 spiro atoms. The number of allylic oxidation sites excluding steroid dienone is 6. The Labute approximate surface area is 340 Å². The highest BCUT2D eigenvalue weighted by atomic mass is 16.6. The Morgan fingerprint density at radius 2 is 0.691 bits per heavy atom. The average molecular weight is 773 g/mol. The molecule has 1 unspecified atom stereocenters. The first kappa shape index (κ1) is 52.6. The van der Waals surface area contributed by atoms with Crippen molar-refractivity contribution in [1.29, 1.82) is 0 Å². The lowest BCUT2D eigenvalue weighted by Gasteiger charge is -2.18. The first-order valence-electron chi connectivity index (χ1n) is 23.5. The fraction of sp³-hybridized carbons (Fsp3) is 0.816. The molecule has 0 bridgehead atoms. The number of rotatable bonds is 42. The van der Waals surface area contributed by atoms with Crippen molar-refractivity contribution in [3.8, 4) is 0 Å². The molecule has 0 heterocycles.